The highest BCUT2D eigenvalue weighted by Gasteiger charge is 2.29. The molecule has 1 unspecified atom stereocenters. The van der Waals surface area contributed by atoms with Crippen molar-refractivity contribution in [1.29, 1.82) is 0 Å². The van der Waals surface area contributed by atoms with Crippen LogP contribution >= 0.6 is 0 Å². The molecule has 1 aromatic heterocycles. The summed E-state index contributed by atoms with van der Waals surface area (Å²) >= 11 is 0. The average molecular weight is 259 g/mol. The van der Waals surface area contributed by atoms with Crippen molar-refractivity contribution in [2.75, 3.05) is 13.1 Å². The maximum absolute atomic E-state index is 13.5. The van der Waals surface area contributed by atoms with E-state index in [1.807, 2.05) is 0 Å². The molecule has 1 aliphatic carbocycles. The first kappa shape index (κ1) is 11.4. The van der Waals surface area contributed by atoms with E-state index in [0.29, 0.717) is 12.0 Å². The summed E-state index contributed by atoms with van der Waals surface area (Å²) in [5, 5.41) is 3.40. The zero-order valence-electron chi connectivity index (χ0n) is 10.9. The van der Waals surface area contributed by atoms with Gasteiger partial charge in [0.2, 0.25) is 0 Å². The number of aromatic nitrogens is 2. The lowest BCUT2D eigenvalue weighted by Gasteiger charge is -2.11. The molecule has 2 fully saturated rings. The van der Waals surface area contributed by atoms with Gasteiger partial charge in [0.1, 0.15) is 11.6 Å². The minimum atomic E-state index is -0.164. The smallest absolute Gasteiger partial charge is 0.125 e. The SMILES string of the molecule is Fc1ccc2nc(CC3CCNC3)n(C3CC3)c2c1. The Balaban J connectivity index is 1.77. The number of hydrogen-bond acceptors (Lipinski definition) is 2. The summed E-state index contributed by atoms with van der Waals surface area (Å²) in [5.74, 6) is 1.67. The summed E-state index contributed by atoms with van der Waals surface area (Å²) in [6.45, 7) is 2.20. The molecule has 2 heterocycles. The molecule has 1 aliphatic heterocycles. The van der Waals surface area contributed by atoms with Crippen LogP contribution < -0.4 is 5.32 Å². The average Bonchev–Trinajstić information content (AvgIpc) is 2.98. The lowest BCUT2D eigenvalue weighted by atomic mass is 10.0. The second kappa shape index (κ2) is 4.30. The van der Waals surface area contributed by atoms with E-state index in [0.717, 1.165) is 36.4 Å². The molecule has 3 nitrogen and oxygen atoms in total. The van der Waals surface area contributed by atoms with E-state index < -0.39 is 0 Å². The number of halogens is 1. The van der Waals surface area contributed by atoms with Gasteiger partial charge in [-0.25, -0.2) is 9.37 Å². The molecule has 1 saturated heterocycles. The molecule has 2 aromatic rings. The first-order valence-corrected chi connectivity index (χ1v) is 7.18. The van der Waals surface area contributed by atoms with Crippen LogP contribution in [0, 0.1) is 11.7 Å². The Morgan fingerprint density at radius 2 is 2.21 bits per heavy atom. The quantitative estimate of drug-likeness (QED) is 0.918. The van der Waals surface area contributed by atoms with Crippen molar-refractivity contribution in [2.45, 2.75) is 31.7 Å². The number of nitrogens with zero attached hydrogens (tertiary/aromatic N) is 2. The fraction of sp³-hybridized carbons (Fsp3) is 0.533. The van der Waals surface area contributed by atoms with Crippen LogP contribution in [0.1, 0.15) is 31.1 Å². The fourth-order valence-corrected chi connectivity index (χ4v) is 3.15. The number of nitrogens with one attached hydrogen (secondary N) is 1. The van der Waals surface area contributed by atoms with Crippen LogP contribution in [-0.4, -0.2) is 22.6 Å². The Morgan fingerprint density at radius 3 is 2.95 bits per heavy atom. The monoisotopic (exact) mass is 259 g/mol. The molecular weight excluding hydrogens is 241 g/mol. The summed E-state index contributed by atoms with van der Waals surface area (Å²) in [5.41, 5.74) is 1.91. The number of benzene rings is 1. The highest BCUT2D eigenvalue weighted by molar-refractivity contribution is 5.76. The van der Waals surface area contributed by atoms with E-state index in [9.17, 15) is 4.39 Å². The third-order valence-corrected chi connectivity index (χ3v) is 4.27. The molecule has 1 aromatic carbocycles. The highest BCUT2D eigenvalue weighted by atomic mass is 19.1. The highest BCUT2D eigenvalue weighted by Crippen LogP contribution is 2.39. The summed E-state index contributed by atoms with van der Waals surface area (Å²) in [6.07, 6.45) is 4.65. The summed E-state index contributed by atoms with van der Waals surface area (Å²) in [4.78, 5) is 4.75. The second-order valence-electron chi connectivity index (χ2n) is 5.83. The minimum absolute atomic E-state index is 0.164. The van der Waals surface area contributed by atoms with Crippen molar-refractivity contribution in [3.05, 3.63) is 29.8 Å². The Labute approximate surface area is 111 Å². The summed E-state index contributed by atoms with van der Waals surface area (Å²) in [6, 6.07) is 5.50. The van der Waals surface area contributed by atoms with E-state index in [2.05, 4.69) is 9.88 Å². The molecule has 0 amide bonds. The fourth-order valence-electron chi connectivity index (χ4n) is 3.15. The molecule has 19 heavy (non-hydrogen) atoms. The van der Waals surface area contributed by atoms with Gasteiger partial charge < -0.3 is 9.88 Å². The third-order valence-electron chi connectivity index (χ3n) is 4.27. The normalized spacial score (nSPS) is 23.3. The van der Waals surface area contributed by atoms with Crippen LogP contribution in [0.5, 0.6) is 0 Å². The van der Waals surface area contributed by atoms with Crippen molar-refractivity contribution < 1.29 is 4.39 Å². The zero-order chi connectivity index (χ0) is 12.8. The van der Waals surface area contributed by atoms with Gasteiger partial charge in [0.15, 0.2) is 0 Å². The van der Waals surface area contributed by atoms with Crippen molar-refractivity contribution in [3.63, 3.8) is 0 Å². The molecule has 1 atom stereocenters. The first-order chi connectivity index (χ1) is 9.31. The molecule has 1 N–H and O–H groups in total. The van der Waals surface area contributed by atoms with Gasteiger partial charge in [-0.05, 0) is 56.5 Å². The molecular formula is C15H18FN3. The zero-order valence-corrected chi connectivity index (χ0v) is 10.9. The van der Waals surface area contributed by atoms with Gasteiger partial charge in [0.25, 0.3) is 0 Å². The van der Waals surface area contributed by atoms with E-state index >= 15 is 0 Å². The van der Waals surface area contributed by atoms with E-state index in [4.69, 9.17) is 4.98 Å². The lowest BCUT2D eigenvalue weighted by Crippen LogP contribution is -2.13. The first-order valence-electron chi connectivity index (χ1n) is 7.18. The van der Waals surface area contributed by atoms with Crippen LogP contribution in [0.15, 0.2) is 18.2 Å². The van der Waals surface area contributed by atoms with E-state index in [1.54, 1.807) is 12.1 Å². The van der Waals surface area contributed by atoms with E-state index in [1.165, 1.54) is 25.3 Å². The van der Waals surface area contributed by atoms with Gasteiger partial charge in [-0.2, -0.15) is 0 Å². The van der Waals surface area contributed by atoms with Crippen LogP contribution in [0.4, 0.5) is 4.39 Å². The number of hydrogen-bond donors (Lipinski definition) is 1. The second-order valence-corrected chi connectivity index (χ2v) is 5.83. The molecule has 0 radical (unpaired) electrons. The van der Waals surface area contributed by atoms with Gasteiger partial charge in [-0.1, -0.05) is 0 Å². The van der Waals surface area contributed by atoms with Gasteiger partial charge in [-0.3, -0.25) is 0 Å². The van der Waals surface area contributed by atoms with Crippen molar-refractivity contribution >= 4 is 11.0 Å². The topological polar surface area (TPSA) is 29.9 Å². The van der Waals surface area contributed by atoms with Crippen molar-refractivity contribution in [3.8, 4) is 0 Å². The third kappa shape index (κ3) is 2.04. The number of fused-ring (bicyclic) bond motifs is 1. The molecule has 0 spiro atoms. The maximum atomic E-state index is 13.5. The summed E-state index contributed by atoms with van der Waals surface area (Å²) in [7, 11) is 0. The lowest BCUT2D eigenvalue weighted by molar-refractivity contribution is 0.540. The molecule has 2 aliphatic rings. The molecule has 1 saturated carbocycles. The van der Waals surface area contributed by atoms with E-state index in [-0.39, 0.29) is 5.82 Å². The Bertz CT molecular complexity index is 609. The van der Waals surface area contributed by atoms with Crippen LogP contribution in [0.3, 0.4) is 0 Å². The molecule has 100 valence electrons. The predicted molar refractivity (Wildman–Crippen MR) is 72.6 cm³/mol. The number of rotatable bonds is 3. The van der Waals surface area contributed by atoms with Crippen LogP contribution in [0.2, 0.25) is 0 Å². The molecule has 4 heteroatoms. The Hall–Kier alpha value is -1.42. The number of imidazole rings is 1. The van der Waals surface area contributed by atoms with Gasteiger partial charge in [-0.15, -0.1) is 0 Å². The Morgan fingerprint density at radius 1 is 1.32 bits per heavy atom. The predicted octanol–water partition coefficient (Wildman–Crippen LogP) is 2.66. The Kier molecular flexibility index (Phi) is 2.58. The van der Waals surface area contributed by atoms with Gasteiger partial charge in [0, 0.05) is 12.5 Å². The van der Waals surface area contributed by atoms with Crippen molar-refractivity contribution in [2.24, 2.45) is 5.92 Å². The minimum Gasteiger partial charge on any atom is -0.325 e. The van der Waals surface area contributed by atoms with Gasteiger partial charge in [0.05, 0.1) is 11.0 Å². The summed E-state index contributed by atoms with van der Waals surface area (Å²) < 4.78 is 15.8. The van der Waals surface area contributed by atoms with Crippen LogP contribution in [0.25, 0.3) is 11.0 Å². The standard InChI is InChI=1S/C15H18FN3/c16-11-1-4-13-14(8-11)19(12-2-3-12)15(18-13)7-10-5-6-17-9-10/h1,4,8,10,12,17H,2-3,5-7,9H2. The molecule has 0 bridgehead atoms. The maximum Gasteiger partial charge on any atom is 0.125 e. The van der Waals surface area contributed by atoms with Crippen LogP contribution in [-0.2, 0) is 6.42 Å². The molecule has 4 rings (SSSR count). The van der Waals surface area contributed by atoms with Crippen molar-refractivity contribution in [1.82, 2.24) is 14.9 Å². The van der Waals surface area contributed by atoms with Gasteiger partial charge >= 0.3 is 0 Å². The largest absolute Gasteiger partial charge is 0.325 e.